The van der Waals surface area contributed by atoms with Gasteiger partial charge in [0.05, 0.1) is 0 Å². The molecular weight excluding hydrogens is 476 g/mol. The second kappa shape index (κ2) is 9.36. The smallest absolute Gasteiger partial charge is 0.311 e. The maximum Gasteiger partial charge on any atom is 0.372 e. The summed E-state index contributed by atoms with van der Waals surface area (Å²) in [7, 11) is 7.06. The van der Waals surface area contributed by atoms with Gasteiger partial charge < -0.3 is 4.90 Å². The highest BCUT2D eigenvalue weighted by Gasteiger charge is 2.28. The fourth-order valence-corrected chi connectivity index (χ4v) is 5.26. The average Bonchev–Trinajstić information content (AvgIpc) is 2.69. The van der Waals surface area contributed by atoms with Crippen LogP contribution in [0.5, 0.6) is 0 Å². The molecule has 0 saturated carbocycles. The fourth-order valence-electron chi connectivity index (χ4n) is 2.62. The zero-order valence-corrected chi connectivity index (χ0v) is 19.9. The quantitative estimate of drug-likeness (QED) is 0.196. The number of halogens is 4. The van der Waals surface area contributed by atoms with Crippen LogP contribution in [0.2, 0.25) is 0 Å². The number of hydrogen-bond donors (Lipinski definition) is 0. The predicted molar refractivity (Wildman–Crippen MR) is 128 cm³/mol. The molecule has 27 heavy (non-hydrogen) atoms. The van der Waals surface area contributed by atoms with E-state index in [1.54, 1.807) is 11.8 Å². The predicted octanol–water partition coefficient (Wildman–Crippen LogP) is 7.99. The Labute approximate surface area is 187 Å². The van der Waals surface area contributed by atoms with Crippen molar-refractivity contribution in [3.63, 3.8) is 0 Å². The van der Waals surface area contributed by atoms with Gasteiger partial charge in [-0.1, -0.05) is 12.1 Å². The molecule has 3 aromatic rings. The monoisotopic (exact) mass is 489 g/mol. The largest absolute Gasteiger partial charge is 0.372 e. The van der Waals surface area contributed by atoms with Crippen LogP contribution >= 0.6 is 66.7 Å². The number of rotatable bonds is 6. The zero-order chi connectivity index (χ0) is 19.4. The molecule has 0 heterocycles. The van der Waals surface area contributed by atoms with E-state index in [-0.39, 0.29) is 0 Å². The Balaban J connectivity index is 2.05. The maximum atomic E-state index is 6.13. The summed E-state index contributed by atoms with van der Waals surface area (Å²) in [4.78, 5) is 4.37. The first-order valence-electron chi connectivity index (χ1n) is 7.92. The molecule has 0 bridgehead atoms. The van der Waals surface area contributed by atoms with Crippen molar-refractivity contribution < 1.29 is 0 Å². The van der Waals surface area contributed by atoms with Crippen LogP contribution in [0.1, 0.15) is 0 Å². The summed E-state index contributed by atoms with van der Waals surface area (Å²) < 4.78 is 0. The highest BCUT2D eigenvalue weighted by atomic mass is 35.8. The summed E-state index contributed by atoms with van der Waals surface area (Å²) in [5.41, 5.74) is 3.07. The highest BCUT2D eigenvalue weighted by Crippen LogP contribution is 2.36. The first-order valence-corrected chi connectivity index (χ1v) is 15.8. The Hall–Kier alpha value is -0.463. The molecule has 0 amide bonds. The van der Waals surface area contributed by atoms with Gasteiger partial charge in [-0.25, -0.2) is 0 Å². The number of benzene rings is 3. The summed E-state index contributed by atoms with van der Waals surface area (Å²) in [5, 5.41) is 0.766. The molecule has 0 aliphatic rings. The van der Waals surface area contributed by atoms with Crippen LogP contribution in [0.15, 0.2) is 82.6 Å². The number of thioether (sulfide) groups is 1. The minimum atomic E-state index is -2.90. The van der Waals surface area contributed by atoms with E-state index in [0.29, 0.717) is 0 Å². The van der Waals surface area contributed by atoms with Gasteiger partial charge in [-0.2, -0.15) is 0 Å². The van der Waals surface area contributed by atoms with Crippen molar-refractivity contribution in [2.24, 2.45) is 0 Å². The van der Waals surface area contributed by atoms with Gasteiger partial charge >= 0.3 is 6.00 Å². The minimum absolute atomic E-state index is 0.766. The first kappa shape index (κ1) is 21.3. The lowest BCUT2D eigenvalue weighted by Crippen LogP contribution is -2.29. The molecule has 0 radical (unpaired) electrons. The third-order valence-electron chi connectivity index (χ3n) is 3.97. The van der Waals surface area contributed by atoms with Gasteiger partial charge in [0.1, 0.15) is 0 Å². The molecule has 140 valence electrons. The Morgan fingerprint density at radius 2 is 1.07 bits per heavy atom. The molecule has 0 aliphatic carbocycles. The van der Waals surface area contributed by atoms with Gasteiger partial charge in [-0.05, 0) is 93.8 Å². The third kappa shape index (κ3) is 5.33. The average molecular weight is 491 g/mol. The topological polar surface area (TPSA) is 3.24 Å². The van der Waals surface area contributed by atoms with E-state index in [9.17, 15) is 0 Å². The SMILES string of the molecule is CSc1ccc(N(c2ccc(SCl)cc2)c2ccc([Si](Cl)(Cl)Cl)cc2)cc1. The van der Waals surface area contributed by atoms with Gasteiger partial charge in [0, 0.05) is 26.9 Å². The summed E-state index contributed by atoms with van der Waals surface area (Å²) in [5.74, 6) is 0. The molecule has 1 nitrogen and oxygen atoms in total. The van der Waals surface area contributed by atoms with E-state index in [1.165, 1.54) is 15.9 Å². The van der Waals surface area contributed by atoms with Gasteiger partial charge in [0.25, 0.3) is 0 Å². The van der Waals surface area contributed by atoms with Crippen LogP contribution in [0.25, 0.3) is 0 Å². The van der Waals surface area contributed by atoms with E-state index >= 15 is 0 Å². The number of hydrogen-bond acceptors (Lipinski definition) is 3. The summed E-state index contributed by atoms with van der Waals surface area (Å²) in [6.45, 7) is 0. The van der Waals surface area contributed by atoms with Crippen LogP contribution in [-0.2, 0) is 0 Å². The van der Waals surface area contributed by atoms with Crippen LogP contribution in [0, 0.1) is 0 Å². The van der Waals surface area contributed by atoms with E-state index in [0.717, 1.165) is 27.1 Å². The Bertz CT molecular complexity index is 834. The molecule has 8 heteroatoms. The van der Waals surface area contributed by atoms with Gasteiger partial charge in [0.15, 0.2) is 0 Å². The van der Waals surface area contributed by atoms with Crippen molar-refractivity contribution in [1.29, 1.82) is 0 Å². The maximum absolute atomic E-state index is 6.13. The van der Waals surface area contributed by atoms with Crippen molar-refractivity contribution in [3.8, 4) is 0 Å². The zero-order valence-electron chi connectivity index (χ0n) is 14.2. The lowest BCUT2D eigenvalue weighted by molar-refractivity contribution is 1.26. The van der Waals surface area contributed by atoms with E-state index < -0.39 is 6.00 Å². The molecule has 3 aromatic carbocycles. The Morgan fingerprint density at radius 3 is 1.44 bits per heavy atom. The van der Waals surface area contributed by atoms with Gasteiger partial charge in [-0.3, -0.25) is 0 Å². The molecule has 0 spiro atoms. The molecule has 0 saturated heterocycles. The van der Waals surface area contributed by atoms with Crippen LogP contribution < -0.4 is 10.1 Å². The highest BCUT2D eigenvalue weighted by molar-refractivity contribution is 8.21. The normalized spacial score (nSPS) is 11.4. The van der Waals surface area contributed by atoms with Gasteiger partial charge in [-0.15, -0.1) is 45.0 Å². The number of anilines is 3. The summed E-state index contributed by atoms with van der Waals surface area (Å²) in [6, 6.07) is 21.4. The molecule has 0 fully saturated rings. The molecule has 3 rings (SSSR count). The van der Waals surface area contributed by atoms with E-state index in [4.69, 9.17) is 43.9 Å². The van der Waals surface area contributed by atoms with Crippen LogP contribution in [-0.4, -0.2) is 12.3 Å². The Morgan fingerprint density at radius 1 is 0.667 bits per heavy atom. The summed E-state index contributed by atoms with van der Waals surface area (Å²) in [6.07, 6.45) is 2.06. The summed E-state index contributed by atoms with van der Waals surface area (Å²) >= 11 is 20.1. The van der Waals surface area contributed by atoms with E-state index in [2.05, 4.69) is 35.4 Å². The lowest BCUT2D eigenvalue weighted by Gasteiger charge is -2.26. The van der Waals surface area contributed by atoms with Crippen molar-refractivity contribution in [2.45, 2.75) is 9.79 Å². The second-order valence-electron chi connectivity index (χ2n) is 5.65. The van der Waals surface area contributed by atoms with Crippen LogP contribution in [0.3, 0.4) is 0 Å². The lowest BCUT2D eigenvalue weighted by atomic mass is 10.2. The standard InChI is InChI=1S/C19H15Cl4NS2Si/c1-25-17-8-2-14(3-9-17)24(15-4-10-18(26-20)11-5-15)16-6-12-19(13-7-16)27(21,22)23/h2-13H,1H3. The van der Waals surface area contributed by atoms with Crippen molar-refractivity contribution in [2.75, 3.05) is 11.2 Å². The van der Waals surface area contributed by atoms with Crippen LogP contribution in [0.4, 0.5) is 17.1 Å². The van der Waals surface area contributed by atoms with Gasteiger partial charge in [0.2, 0.25) is 0 Å². The van der Waals surface area contributed by atoms with Crippen molar-refractivity contribution in [1.82, 2.24) is 0 Å². The van der Waals surface area contributed by atoms with E-state index in [1.807, 2.05) is 48.5 Å². The molecular formula is C19H15Cl4NS2Si. The molecule has 0 unspecified atom stereocenters. The minimum Gasteiger partial charge on any atom is -0.311 e. The molecule has 0 atom stereocenters. The molecule has 0 N–H and O–H groups in total. The van der Waals surface area contributed by atoms with Crippen molar-refractivity contribution in [3.05, 3.63) is 72.8 Å². The second-order valence-corrected chi connectivity index (χ2v) is 16.0. The van der Waals surface area contributed by atoms with Crippen molar-refractivity contribution >= 4 is 94.9 Å². The fraction of sp³-hybridized carbons (Fsp3) is 0.0526. The third-order valence-corrected chi connectivity index (χ3v) is 8.65. The number of nitrogens with zero attached hydrogens (tertiary/aromatic N) is 1. The Kier molecular flexibility index (Phi) is 7.36. The first-order chi connectivity index (χ1) is 12.9. The molecule has 0 aromatic heterocycles. The molecule has 0 aliphatic heterocycles.